The number of rotatable bonds is 6. The molecule has 0 saturated carbocycles. The third kappa shape index (κ3) is 2.93. The Morgan fingerprint density at radius 2 is 2.00 bits per heavy atom. The molecule has 2 aromatic rings. The van der Waals surface area contributed by atoms with Crippen molar-refractivity contribution in [3.63, 3.8) is 0 Å². The van der Waals surface area contributed by atoms with Crippen LogP contribution in [0.4, 0.5) is 5.69 Å². The van der Waals surface area contributed by atoms with Crippen LogP contribution in [-0.4, -0.2) is 30.0 Å². The smallest absolute Gasteiger partial charge is 0.119 e. The minimum absolute atomic E-state index is 0.361. The van der Waals surface area contributed by atoms with Crippen molar-refractivity contribution >= 4 is 5.69 Å². The average molecular weight is 274 g/mol. The van der Waals surface area contributed by atoms with Crippen LogP contribution in [0.1, 0.15) is 25.5 Å². The number of aromatic nitrogens is 2. The van der Waals surface area contributed by atoms with E-state index in [1.807, 2.05) is 35.1 Å². The number of nitrogens with zero attached hydrogens (tertiary/aromatic N) is 2. The van der Waals surface area contributed by atoms with Gasteiger partial charge in [0.2, 0.25) is 0 Å². The van der Waals surface area contributed by atoms with Gasteiger partial charge in [0.05, 0.1) is 30.4 Å². The van der Waals surface area contributed by atoms with Crippen molar-refractivity contribution in [2.45, 2.75) is 19.8 Å². The van der Waals surface area contributed by atoms with Crippen LogP contribution in [0.5, 0.6) is 5.75 Å². The highest BCUT2D eigenvalue weighted by Crippen LogP contribution is 2.27. The first kappa shape index (κ1) is 14.4. The second-order valence-corrected chi connectivity index (χ2v) is 4.92. The zero-order valence-corrected chi connectivity index (χ0v) is 12.3. The van der Waals surface area contributed by atoms with Gasteiger partial charge < -0.3 is 15.8 Å². The Morgan fingerprint density at radius 3 is 2.55 bits per heavy atom. The molecular weight excluding hydrogens is 252 g/mol. The molecule has 0 amide bonds. The Labute approximate surface area is 119 Å². The fraction of sp³-hybridized carbons (Fsp3) is 0.400. The highest BCUT2D eigenvalue weighted by Gasteiger charge is 2.15. The van der Waals surface area contributed by atoms with Gasteiger partial charge in [0.1, 0.15) is 5.75 Å². The third-order valence-electron chi connectivity index (χ3n) is 3.13. The number of ether oxygens (including phenoxy) is 1. The van der Waals surface area contributed by atoms with E-state index in [4.69, 9.17) is 10.5 Å². The number of methoxy groups -OCH3 is 1. The highest BCUT2D eigenvalue weighted by atomic mass is 16.5. The maximum absolute atomic E-state index is 5.55. The Kier molecular flexibility index (Phi) is 4.63. The standard InChI is InChI=1S/C15H22N4O/c1-11(2)15-14(17-9-8-16)10-18-19(15)12-4-6-13(20-3)7-5-12/h4-7,10-11,17H,8-9,16H2,1-3H3. The van der Waals surface area contributed by atoms with Crippen molar-refractivity contribution in [2.24, 2.45) is 5.73 Å². The summed E-state index contributed by atoms with van der Waals surface area (Å²) in [7, 11) is 1.66. The Hall–Kier alpha value is -2.01. The molecule has 0 unspecified atom stereocenters. The van der Waals surface area contributed by atoms with E-state index < -0.39 is 0 Å². The van der Waals surface area contributed by atoms with Crippen LogP contribution < -0.4 is 15.8 Å². The summed E-state index contributed by atoms with van der Waals surface area (Å²) in [6.45, 7) is 5.66. The van der Waals surface area contributed by atoms with Gasteiger partial charge in [0.25, 0.3) is 0 Å². The first-order valence-corrected chi connectivity index (χ1v) is 6.83. The summed E-state index contributed by atoms with van der Waals surface area (Å²) < 4.78 is 7.15. The second kappa shape index (κ2) is 6.43. The molecule has 3 N–H and O–H groups in total. The van der Waals surface area contributed by atoms with Gasteiger partial charge in [-0.1, -0.05) is 13.8 Å². The summed E-state index contributed by atoms with van der Waals surface area (Å²) >= 11 is 0. The molecule has 0 aliphatic heterocycles. The summed E-state index contributed by atoms with van der Waals surface area (Å²) in [5.74, 6) is 1.20. The molecular formula is C15H22N4O. The first-order valence-electron chi connectivity index (χ1n) is 6.83. The maximum atomic E-state index is 5.55. The number of benzene rings is 1. The molecule has 20 heavy (non-hydrogen) atoms. The van der Waals surface area contributed by atoms with Crippen molar-refractivity contribution in [2.75, 3.05) is 25.5 Å². The van der Waals surface area contributed by atoms with Crippen molar-refractivity contribution in [1.29, 1.82) is 0 Å². The fourth-order valence-corrected chi connectivity index (χ4v) is 2.19. The van der Waals surface area contributed by atoms with Crippen LogP contribution in [-0.2, 0) is 0 Å². The quantitative estimate of drug-likeness (QED) is 0.849. The number of hydrogen-bond donors (Lipinski definition) is 2. The topological polar surface area (TPSA) is 65.1 Å². The molecule has 0 spiro atoms. The van der Waals surface area contributed by atoms with Gasteiger partial charge in [-0.25, -0.2) is 4.68 Å². The van der Waals surface area contributed by atoms with E-state index in [-0.39, 0.29) is 0 Å². The molecule has 1 aromatic carbocycles. The normalized spacial score (nSPS) is 10.8. The van der Waals surface area contributed by atoms with E-state index >= 15 is 0 Å². The number of nitrogens with two attached hydrogens (primary N) is 1. The van der Waals surface area contributed by atoms with Crippen LogP contribution in [0.3, 0.4) is 0 Å². The van der Waals surface area contributed by atoms with Gasteiger partial charge in [0, 0.05) is 13.1 Å². The molecule has 0 aliphatic carbocycles. The van der Waals surface area contributed by atoms with E-state index in [2.05, 4.69) is 24.3 Å². The minimum Gasteiger partial charge on any atom is -0.497 e. The lowest BCUT2D eigenvalue weighted by molar-refractivity contribution is 0.414. The summed E-state index contributed by atoms with van der Waals surface area (Å²) in [5.41, 5.74) is 8.77. The Balaban J connectivity index is 2.37. The molecule has 2 rings (SSSR count). The Morgan fingerprint density at radius 1 is 1.30 bits per heavy atom. The zero-order chi connectivity index (χ0) is 14.5. The predicted molar refractivity (Wildman–Crippen MR) is 81.7 cm³/mol. The van der Waals surface area contributed by atoms with Gasteiger partial charge in [-0.15, -0.1) is 0 Å². The van der Waals surface area contributed by atoms with Gasteiger partial charge in [-0.2, -0.15) is 5.10 Å². The maximum Gasteiger partial charge on any atom is 0.119 e. The monoisotopic (exact) mass is 274 g/mol. The van der Waals surface area contributed by atoms with E-state index in [1.165, 1.54) is 0 Å². The fourth-order valence-electron chi connectivity index (χ4n) is 2.19. The molecule has 0 aliphatic rings. The van der Waals surface area contributed by atoms with Crippen LogP contribution in [0, 0.1) is 0 Å². The largest absolute Gasteiger partial charge is 0.497 e. The second-order valence-electron chi connectivity index (χ2n) is 4.92. The van der Waals surface area contributed by atoms with Crippen molar-refractivity contribution in [3.8, 4) is 11.4 Å². The van der Waals surface area contributed by atoms with Crippen LogP contribution in [0.15, 0.2) is 30.5 Å². The van der Waals surface area contributed by atoms with Gasteiger partial charge in [-0.05, 0) is 30.2 Å². The zero-order valence-electron chi connectivity index (χ0n) is 12.3. The van der Waals surface area contributed by atoms with Crippen LogP contribution >= 0.6 is 0 Å². The molecule has 5 heteroatoms. The molecule has 1 heterocycles. The third-order valence-corrected chi connectivity index (χ3v) is 3.13. The lowest BCUT2D eigenvalue weighted by Gasteiger charge is -2.14. The molecule has 1 aromatic heterocycles. The lowest BCUT2D eigenvalue weighted by atomic mass is 10.1. The van der Waals surface area contributed by atoms with Crippen LogP contribution in [0.2, 0.25) is 0 Å². The molecule has 5 nitrogen and oxygen atoms in total. The molecule has 0 radical (unpaired) electrons. The van der Waals surface area contributed by atoms with E-state index in [1.54, 1.807) is 7.11 Å². The molecule has 0 saturated heterocycles. The number of anilines is 1. The summed E-state index contributed by atoms with van der Waals surface area (Å²) in [4.78, 5) is 0. The molecule has 0 atom stereocenters. The summed E-state index contributed by atoms with van der Waals surface area (Å²) in [5, 5.41) is 7.81. The number of nitrogens with one attached hydrogen (secondary N) is 1. The van der Waals surface area contributed by atoms with Crippen molar-refractivity contribution in [3.05, 3.63) is 36.2 Å². The number of hydrogen-bond acceptors (Lipinski definition) is 4. The van der Waals surface area contributed by atoms with E-state index in [0.717, 1.165) is 29.4 Å². The van der Waals surface area contributed by atoms with Gasteiger partial charge in [-0.3, -0.25) is 0 Å². The van der Waals surface area contributed by atoms with Crippen LogP contribution in [0.25, 0.3) is 5.69 Å². The highest BCUT2D eigenvalue weighted by molar-refractivity contribution is 5.52. The predicted octanol–water partition coefficient (Wildman–Crippen LogP) is 2.37. The van der Waals surface area contributed by atoms with Gasteiger partial charge in [0.15, 0.2) is 0 Å². The van der Waals surface area contributed by atoms with E-state index in [9.17, 15) is 0 Å². The first-order chi connectivity index (χ1) is 9.67. The molecule has 0 bridgehead atoms. The average Bonchev–Trinajstić information content (AvgIpc) is 2.89. The molecule has 108 valence electrons. The lowest BCUT2D eigenvalue weighted by Crippen LogP contribution is -2.14. The van der Waals surface area contributed by atoms with E-state index in [0.29, 0.717) is 12.5 Å². The summed E-state index contributed by atoms with van der Waals surface area (Å²) in [6, 6.07) is 7.89. The summed E-state index contributed by atoms with van der Waals surface area (Å²) in [6.07, 6.45) is 1.86. The van der Waals surface area contributed by atoms with Crippen molar-refractivity contribution in [1.82, 2.24) is 9.78 Å². The SMILES string of the molecule is COc1ccc(-n2ncc(NCCN)c2C(C)C)cc1. The Bertz CT molecular complexity index is 546. The minimum atomic E-state index is 0.361. The van der Waals surface area contributed by atoms with Gasteiger partial charge >= 0.3 is 0 Å². The molecule has 0 fully saturated rings. The van der Waals surface area contributed by atoms with Crippen molar-refractivity contribution < 1.29 is 4.74 Å².